The predicted octanol–water partition coefficient (Wildman–Crippen LogP) is 6.38. The first-order valence-corrected chi connectivity index (χ1v) is 9.97. The highest BCUT2D eigenvalue weighted by Crippen LogP contribution is 2.19. The first-order chi connectivity index (χ1) is 12.9. The normalized spacial score (nSPS) is 11.9. The minimum absolute atomic E-state index is 0.214. The van der Waals surface area contributed by atoms with Gasteiger partial charge < -0.3 is 0 Å². The second-order valence-electron chi connectivity index (χ2n) is 6.42. The van der Waals surface area contributed by atoms with Crippen LogP contribution in [0.2, 0.25) is 0 Å². The summed E-state index contributed by atoms with van der Waals surface area (Å²) >= 11 is 3.43. The monoisotopic (exact) mass is 438 g/mol. The number of ketones is 1. The molecule has 0 saturated heterocycles. The first kappa shape index (κ1) is 21.4. The minimum atomic E-state index is -4.72. The quantitative estimate of drug-likeness (QED) is 0.328. The molecule has 0 saturated carbocycles. The maximum absolute atomic E-state index is 12.2. The van der Waals surface area contributed by atoms with Crippen molar-refractivity contribution in [1.29, 1.82) is 0 Å². The van der Waals surface area contributed by atoms with Crippen LogP contribution in [0, 0.1) is 0 Å². The lowest BCUT2D eigenvalue weighted by Gasteiger charge is -2.05. The molecule has 5 heteroatoms. The molecule has 0 radical (unpaired) electrons. The minimum Gasteiger partial charge on any atom is -0.290 e. The Morgan fingerprint density at radius 1 is 0.815 bits per heavy atom. The largest absolute Gasteiger partial charge is 0.449 e. The van der Waals surface area contributed by atoms with Gasteiger partial charge in [-0.25, -0.2) is 0 Å². The average molecular weight is 439 g/mol. The summed E-state index contributed by atoms with van der Waals surface area (Å²) in [7, 11) is 0. The molecule has 0 N–H and O–H groups in total. The summed E-state index contributed by atoms with van der Waals surface area (Å²) < 4.78 is 36.5. The molecule has 2 aromatic carbocycles. The van der Waals surface area contributed by atoms with Crippen molar-refractivity contribution in [2.45, 2.75) is 43.6 Å². The number of carbonyl (C=O) groups excluding carboxylic acids is 1. The fourth-order valence-electron chi connectivity index (χ4n) is 2.64. The zero-order chi connectivity index (χ0) is 19.7. The van der Waals surface area contributed by atoms with Gasteiger partial charge in [0.05, 0.1) is 0 Å². The third kappa shape index (κ3) is 7.71. The highest BCUT2D eigenvalue weighted by molar-refractivity contribution is 9.08. The zero-order valence-corrected chi connectivity index (χ0v) is 16.5. The Kier molecular flexibility index (Phi) is 8.29. The molecule has 27 heavy (non-hydrogen) atoms. The van der Waals surface area contributed by atoms with E-state index < -0.39 is 18.4 Å². The molecule has 0 aliphatic carbocycles. The Labute approximate surface area is 166 Å². The van der Waals surface area contributed by atoms with Gasteiger partial charge in [0.1, 0.15) is 0 Å². The van der Waals surface area contributed by atoms with Crippen LogP contribution in [0.1, 0.15) is 35.1 Å². The number of hydrogen-bond acceptors (Lipinski definition) is 1. The smallest absolute Gasteiger partial charge is 0.290 e. The van der Waals surface area contributed by atoms with Crippen LogP contribution in [0.25, 0.3) is 0 Å². The van der Waals surface area contributed by atoms with Gasteiger partial charge in [-0.05, 0) is 47.9 Å². The number of allylic oxidation sites excluding steroid dienone is 2. The van der Waals surface area contributed by atoms with Crippen molar-refractivity contribution in [2.75, 3.05) is 0 Å². The molecule has 0 aliphatic rings. The topological polar surface area (TPSA) is 17.1 Å². The van der Waals surface area contributed by atoms with E-state index in [9.17, 15) is 18.0 Å². The summed E-state index contributed by atoms with van der Waals surface area (Å²) in [6.45, 7) is 0. The maximum Gasteiger partial charge on any atom is 0.449 e. The molecule has 1 nitrogen and oxygen atoms in total. The number of carbonyl (C=O) groups is 1. The molecule has 0 fully saturated rings. The van der Waals surface area contributed by atoms with Gasteiger partial charge in [0, 0.05) is 11.8 Å². The van der Waals surface area contributed by atoms with Crippen LogP contribution in [-0.2, 0) is 29.4 Å². The van der Waals surface area contributed by atoms with Crippen LogP contribution in [0.3, 0.4) is 0 Å². The zero-order valence-electron chi connectivity index (χ0n) is 14.9. The molecule has 0 spiro atoms. The van der Waals surface area contributed by atoms with E-state index in [1.807, 2.05) is 24.3 Å². The van der Waals surface area contributed by atoms with Crippen molar-refractivity contribution in [3.63, 3.8) is 0 Å². The lowest BCUT2D eigenvalue weighted by Crippen LogP contribution is -2.22. The van der Waals surface area contributed by atoms with Gasteiger partial charge >= 0.3 is 6.18 Å². The van der Waals surface area contributed by atoms with Crippen LogP contribution in [-0.4, -0.2) is 12.0 Å². The maximum atomic E-state index is 12.2. The molecule has 2 rings (SSSR count). The molecular formula is C22H22BrF3O. The molecule has 0 bridgehead atoms. The van der Waals surface area contributed by atoms with Crippen LogP contribution < -0.4 is 0 Å². The van der Waals surface area contributed by atoms with Gasteiger partial charge in [0.25, 0.3) is 0 Å². The van der Waals surface area contributed by atoms with E-state index in [0.717, 1.165) is 29.3 Å². The standard InChI is InChI=1S/C22H22BrF3O/c23-16-20-14-12-18(13-15-20)5-2-1-4-17-8-10-19(11-9-17)6-3-7-21(27)22(24,25)26/h1-2,8-15H,3-7,16H2. The van der Waals surface area contributed by atoms with E-state index in [1.165, 1.54) is 11.1 Å². The summed E-state index contributed by atoms with van der Waals surface area (Å²) in [6.07, 6.45) is 1.47. The molecule has 144 valence electrons. The Balaban J connectivity index is 1.74. The number of aryl methyl sites for hydroxylation is 1. The summed E-state index contributed by atoms with van der Waals surface area (Å²) in [6, 6.07) is 16.3. The summed E-state index contributed by atoms with van der Waals surface area (Å²) in [5, 5.41) is 0.859. The van der Waals surface area contributed by atoms with Gasteiger partial charge in [-0.2, -0.15) is 13.2 Å². The van der Waals surface area contributed by atoms with Crippen molar-refractivity contribution in [1.82, 2.24) is 0 Å². The molecule has 0 atom stereocenters. The van der Waals surface area contributed by atoms with Crippen molar-refractivity contribution in [2.24, 2.45) is 0 Å². The van der Waals surface area contributed by atoms with E-state index >= 15 is 0 Å². The number of alkyl halides is 4. The van der Waals surface area contributed by atoms with Crippen LogP contribution in [0.15, 0.2) is 60.7 Å². The highest BCUT2D eigenvalue weighted by atomic mass is 79.9. The summed E-state index contributed by atoms with van der Waals surface area (Å²) in [5.41, 5.74) is 4.62. The second-order valence-corrected chi connectivity index (χ2v) is 6.98. The molecule has 0 aliphatic heterocycles. The van der Waals surface area contributed by atoms with E-state index in [-0.39, 0.29) is 6.42 Å². The Morgan fingerprint density at radius 3 is 1.70 bits per heavy atom. The Hall–Kier alpha value is -1.88. The fourth-order valence-corrected chi connectivity index (χ4v) is 3.01. The van der Waals surface area contributed by atoms with Crippen molar-refractivity contribution < 1.29 is 18.0 Å². The predicted molar refractivity (Wildman–Crippen MR) is 106 cm³/mol. The van der Waals surface area contributed by atoms with Crippen molar-refractivity contribution in [3.05, 3.63) is 82.9 Å². The van der Waals surface area contributed by atoms with Gasteiger partial charge in [-0.1, -0.05) is 76.6 Å². The average Bonchev–Trinajstić information content (AvgIpc) is 2.66. The van der Waals surface area contributed by atoms with Crippen LogP contribution in [0.4, 0.5) is 13.2 Å². The van der Waals surface area contributed by atoms with E-state index in [2.05, 4.69) is 52.3 Å². The summed E-state index contributed by atoms with van der Waals surface area (Å²) in [5.74, 6) is -1.65. The third-order valence-corrected chi connectivity index (χ3v) is 4.91. The molecule has 2 aromatic rings. The molecule has 0 amide bonds. The number of benzene rings is 2. The lowest BCUT2D eigenvalue weighted by atomic mass is 10.0. The Bertz CT molecular complexity index is 747. The lowest BCUT2D eigenvalue weighted by molar-refractivity contribution is -0.171. The van der Waals surface area contributed by atoms with E-state index in [4.69, 9.17) is 0 Å². The summed E-state index contributed by atoms with van der Waals surface area (Å²) in [4.78, 5) is 10.9. The number of halogens is 4. The molecule has 0 heterocycles. The van der Waals surface area contributed by atoms with Gasteiger partial charge in [0.2, 0.25) is 5.78 Å². The van der Waals surface area contributed by atoms with Crippen molar-refractivity contribution >= 4 is 21.7 Å². The SMILES string of the molecule is O=C(CCCc1ccc(CC=CCc2ccc(CBr)cc2)cc1)C(F)(F)F. The number of Topliss-reactive ketones (excluding diaryl/α,β-unsaturated/α-hetero) is 1. The van der Waals surface area contributed by atoms with Crippen LogP contribution in [0.5, 0.6) is 0 Å². The second kappa shape index (κ2) is 10.5. The Morgan fingerprint density at radius 2 is 1.26 bits per heavy atom. The van der Waals surface area contributed by atoms with Crippen molar-refractivity contribution in [3.8, 4) is 0 Å². The van der Waals surface area contributed by atoms with Gasteiger partial charge in [-0.15, -0.1) is 0 Å². The van der Waals surface area contributed by atoms with E-state index in [1.54, 1.807) is 0 Å². The van der Waals surface area contributed by atoms with Gasteiger partial charge in [-0.3, -0.25) is 4.79 Å². The third-order valence-electron chi connectivity index (χ3n) is 4.26. The van der Waals surface area contributed by atoms with Gasteiger partial charge in [0.15, 0.2) is 0 Å². The molecular weight excluding hydrogens is 417 g/mol. The molecule has 0 unspecified atom stereocenters. The highest BCUT2D eigenvalue weighted by Gasteiger charge is 2.37. The molecule has 0 aromatic heterocycles. The first-order valence-electron chi connectivity index (χ1n) is 8.85. The van der Waals surface area contributed by atoms with E-state index in [0.29, 0.717) is 6.42 Å². The fraction of sp³-hybridized carbons (Fsp3) is 0.318. The number of rotatable bonds is 9. The van der Waals surface area contributed by atoms with Crippen LogP contribution >= 0.6 is 15.9 Å². The number of hydrogen-bond donors (Lipinski definition) is 0.